The van der Waals surface area contributed by atoms with E-state index in [1.165, 1.54) is 4.90 Å². The van der Waals surface area contributed by atoms with Crippen molar-refractivity contribution in [3.8, 4) is 5.75 Å². The number of carboxylic acids is 1. The van der Waals surface area contributed by atoms with E-state index in [0.717, 1.165) is 0 Å². The molecule has 0 bridgehead atoms. The molecule has 2 amide bonds. The third-order valence-electron chi connectivity index (χ3n) is 2.92. The number of anilines is 1. The lowest BCUT2D eigenvalue weighted by Gasteiger charge is -2.21. The van der Waals surface area contributed by atoms with Gasteiger partial charge in [-0.05, 0) is 18.6 Å². The van der Waals surface area contributed by atoms with E-state index >= 15 is 0 Å². The van der Waals surface area contributed by atoms with Crippen LogP contribution in [0.5, 0.6) is 5.75 Å². The van der Waals surface area contributed by atoms with E-state index < -0.39 is 18.0 Å². The SMILES string of the molecule is CCC[C@@H](NC(=O)N(C)c1cccc(OC)c1)C(=O)O. The van der Waals surface area contributed by atoms with Crippen molar-refractivity contribution in [2.45, 2.75) is 25.8 Å². The van der Waals surface area contributed by atoms with Gasteiger partial charge in [-0.15, -0.1) is 0 Å². The molecule has 0 saturated carbocycles. The summed E-state index contributed by atoms with van der Waals surface area (Å²) in [5.74, 6) is -0.398. The van der Waals surface area contributed by atoms with E-state index in [0.29, 0.717) is 24.3 Å². The number of hydrogen-bond donors (Lipinski definition) is 2. The number of aliphatic carboxylic acids is 1. The lowest BCUT2D eigenvalue weighted by molar-refractivity contribution is -0.139. The topological polar surface area (TPSA) is 78.9 Å². The van der Waals surface area contributed by atoms with Crippen molar-refractivity contribution in [3.63, 3.8) is 0 Å². The van der Waals surface area contributed by atoms with Crippen molar-refractivity contribution >= 4 is 17.7 Å². The van der Waals surface area contributed by atoms with Crippen LogP contribution in [0.15, 0.2) is 24.3 Å². The minimum Gasteiger partial charge on any atom is -0.497 e. The minimum absolute atomic E-state index is 0.396. The Hall–Kier alpha value is -2.24. The largest absolute Gasteiger partial charge is 0.497 e. The Bertz CT molecular complexity index is 476. The average molecular weight is 280 g/mol. The first-order valence-electron chi connectivity index (χ1n) is 6.40. The lowest BCUT2D eigenvalue weighted by atomic mass is 10.2. The van der Waals surface area contributed by atoms with Gasteiger partial charge in [-0.2, -0.15) is 0 Å². The Balaban J connectivity index is 2.77. The Morgan fingerprint density at radius 1 is 1.45 bits per heavy atom. The molecule has 110 valence electrons. The van der Waals surface area contributed by atoms with Gasteiger partial charge in [0.15, 0.2) is 0 Å². The highest BCUT2D eigenvalue weighted by molar-refractivity contribution is 5.94. The number of carboxylic acid groups (broad SMARTS) is 1. The van der Waals surface area contributed by atoms with Crippen molar-refractivity contribution in [1.82, 2.24) is 5.32 Å². The minimum atomic E-state index is -1.03. The van der Waals surface area contributed by atoms with Crippen molar-refractivity contribution in [1.29, 1.82) is 0 Å². The quantitative estimate of drug-likeness (QED) is 0.836. The number of carbonyl (C=O) groups excluding carboxylic acids is 1. The molecule has 2 N–H and O–H groups in total. The second-order valence-electron chi connectivity index (χ2n) is 4.39. The van der Waals surface area contributed by atoms with Gasteiger partial charge >= 0.3 is 12.0 Å². The maximum absolute atomic E-state index is 12.0. The van der Waals surface area contributed by atoms with Crippen molar-refractivity contribution in [2.75, 3.05) is 19.1 Å². The smallest absolute Gasteiger partial charge is 0.326 e. The van der Waals surface area contributed by atoms with Crippen LogP contribution in [-0.2, 0) is 4.79 Å². The number of benzene rings is 1. The molecule has 0 saturated heterocycles. The summed E-state index contributed by atoms with van der Waals surface area (Å²) in [4.78, 5) is 24.4. The zero-order valence-electron chi connectivity index (χ0n) is 11.9. The molecule has 20 heavy (non-hydrogen) atoms. The van der Waals surface area contributed by atoms with Gasteiger partial charge in [-0.3, -0.25) is 4.90 Å². The summed E-state index contributed by atoms with van der Waals surface area (Å²) in [6.45, 7) is 1.87. The first kappa shape index (κ1) is 15.8. The Morgan fingerprint density at radius 2 is 2.15 bits per heavy atom. The molecule has 0 aliphatic carbocycles. The summed E-state index contributed by atoms with van der Waals surface area (Å²) >= 11 is 0. The molecule has 0 spiro atoms. The molecular weight excluding hydrogens is 260 g/mol. The highest BCUT2D eigenvalue weighted by Crippen LogP contribution is 2.19. The predicted octanol–water partition coefficient (Wildman–Crippen LogP) is 2.09. The molecule has 0 radical (unpaired) electrons. The molecule has 6 heteroatoms. The fraction of sp³-hybridized carbons (Fsp3) is 0.429. The molecular formula is C14H20N2O4. The fourth-order valence-corrected chi connectivity index (χ4v) is 1.73. The molecule has 6 nitrogen and oxygen atoms in total. The molecule has 0 unspecified atom stereocenters. The number of methoxy groups -OCH3 is 1. The van der Waals surface area contributed by atoms with Gasteiger partial charge in [0.2, 0.25) is 0 Å². The van der Waals surface area contributed by atoms with Crippen LogP contribution in [-0.4, -0.2) is 37.3 Å². The van der Waals surface area contributed by atoms with Gasteiger partial charge in [0.05, 0.1) is 7.11 Å². The third kappa shape index (κ3) is 4.15. The normalized spacial score (nSPS) is 11.6. The molecule has 0 aliphatic heterocycles. The predicted molar refractivity (Wildman–Crippen MR) is 76.3 cm³/mol. The zero-order valence-corrected chi connectivity index (χ0v) is 11.9. The van der Waals surface area contributed by atoms with Crippen LogP contribution in [0, 0.1) is 0 Å². The van der Waals surface area contributed by atoms with E-state index in [-0.39, 0.29) is 0 Å². The summed E-state index contributed by atoms with van der Waals surface area (Å²) in [6.07, 6.45) is 1.08. The molecule has 1 rings (SSSR count). The zero-order chi connectivity index (χ0) is 15.1. The Labute approximate surface area is 118 Å². The lowest BCUT2D eigenvalue weighted by Crippen LogP contribution is -2.46. The van der Waals surface area contributed by atoms with E-state index in [1.807, 2.05) is 6.92 Å². The van der Waals surface area contributed by atoms with Crippen LogP contribution in [0.4, 0.5) is 10.5 Å². The summed E-state index contributed by atoms with van der Waals surface area (Å²) in [5.41, 5.74) is 0.627. The Kier molecular flexibility index (Phi) is 5.83. The molecule has 0 heterocycles. The number of nitrogens with one attached hydrogen (secondary N) is 1. The Morgan fingerprint density at radius 3 is 2.70 bits per heavy atom. The van der Waals surface area contributed by atoms with Gasteiger partial charge in [0, 0.05) is 18.8 Å². The highest BCUT2D eigenvalue weighted by Gasteiger charge is 2.21. The van der Waals surface area contributed by atoms with Gasteiger partial charge in [-0.1, -0.05) is 19.4 Å². The van der Waals surface area contributed by atoms with Crippen LogP contribution in [0.3, 0.4) is 0 Å². The monoisotopic (exact) mass is 280 g/mol. The first-order valence-corrected chi connectivity index (χ1v) is 6.40. The maximum atomic E-state index is 12.0. The number of nitrogens with zero attached hydrogens (tertiary/aromatic N) is 1. The number of ether oxygens (including phenoxy) is 1. The van der Waals surface area contributed by atoms with Crippen LogP contribution >= 0.6 is 0 Å². The van der Waals surface area contributed by atoms with E-state index in [9.17, 15) is 9.59 Å². The van der Waals surface area contributed by atoms with Gasteiger partial charge < -0.3 is 15.2 Å². The molecule has 0 aliphatic rings. The van der Waals surface area contributed by atoms with Gasteiger partial charge in [0.25, 0.3) is 0 Å². The molecule has 0 fully saturated rings. The van der Waals surface area contributed by atoms with Crippen LogP contribution in [0.25, 0.3) is 0 Å². The number of carbonyl (C=O) groups is 2. The van der Waals surface area contributed by atoms with Gasteiger partial charge in [0.1, 0.15) is 11.8 Å². The van der Waals surface area contributed by atoms with Crippen molar-refractivity contribution in [3.05, 3.63) is 24.3 Å². The molecule has 0 aromatic heterocycles. The van der Waals surface area contributed by atoms with Crippen LogP contribution in [0.1, 0.15) is 19.8 Å². The first-order chi connectivity index (χ1) is 9.49. The number of rotatable bonds is 6. The number of hydrogen-bond acceptors (Lipinski definition) is 3. The van der Waals surface area contributed by atoms with E-state index in [4.69, 9.17) is 9.84 Å². The van der Waals surface area contributed by atoms with Crippen molar-refractivity contribution < 1.29 is 19.4 Å². The second-order valence-corrected chi connectivity index (χ2v) is 4.39. The van der Waals surface area contributed by atoms with E-state index in [2.05, 4.69) is 5.32 Å². The summed E-state index contributed by atoms with van der Waals surface area (Å²) in [7, 11) is 3.12. The molecule has 1 aromatic rings. The standard InChI is InChI=1S/C14H20N2O4/c1-4-6-12(13(17)18)15-14(19)16(2)10-7-5-8-11(9-10)20-3/h5,7-9,12H,4,6H2,1-3H3,(H,15,19)(H,17,18)/t12-/m1/s1. The summed E-state index contributed by atoms with van der Waals surface area (Å²) in [6, 6.07) is 5.65. The average Bonchev–Trinajstić information content (AvgIpc) is 2.45. The number of urea groups is 1. The van der Waals surface area contributed by atoms with Crippen LogP contribution in [0.2, 0.25) is 0 Å². The van der Waals surface area contributed by atoms with Gasteiger partial charge in [-0.25, -0.2) is 9.59 Å². The second kappa shape index (κ2) is 7.37. The van der Waals surface area contributed by atoms with Crippen LogP contribution < -0.4 is 15.0 Å². The summed E-state index contributed by atoms with van der Waals surface area (Å²) < 4.78 is 5.09. The maximum Gasteiger partial charge on any atom is 0.326 e. The fourth-order valence-electron chi connectivity index (χ4n) is 1.73. The highest BCUT2D eigenvalue weighted by atomic mass is 16.5. The third-order valence-corrected chi connectivity index (χ3v) is 2.92. The number of amides is 2. The molecule has 1 atom stereocenters. The van der Waals surface area contributed by atoms with Crippen molar-refractivity contribution in [2.24, 2.45) is 0 Å². The molecule has 1 aromatic carbocycles. The summed E-state index contributed by atoms with van der Waals surface area (Å²) in [5, 5.41) is 11.5. The van der Waals surface area contributed by atoms with E-state index in [1.54, 1.807) is 38.4 Å².